The summed E-state index contributed by atoms with van der Waals surface area (Å²) in [6.07, 6.45) is 11.8. The largest absolute Gasteiger partial charge is 0.462 e. The summed E-state index contributed by atoms with van der Waals surface area (Å²) < 4.78 is 5.54. The normalized spacial score (nSPS) is 48.7. The number of carbonyl (C=O) groups is 1. The molecule has 4 aliphatic carbocycles. The number of hydrogen-bond acceptors (Lipinski definition) is 3. The standard InChI is InChI=1S/C23H36O3/c1-14(24)19-7-8-20-18-6-5-16-13-17(26-15(2)25)9-11-22(16,3)21(18)10-12-23(19,20)4/h5,14,17-21,24H,6-13H2,1-4H3/t14-,17+,18-,19+,20+,21-,22+,23-/m1/s1. The molecule has 0 heterocycles. The SMILES string of the molecule is CC(=O)O[C@H]1CC[C@@]2(C)C(=CC[C@H]3[C@H]2CC[C@@]2(C)[C@H]3CC[C@H]2[C@@H](C)O)C1. The van der Waals surface area contributed by atoms with Crippen molar-refractivity contribution in [2.24, 2.45) is 34.5 Å². The van der Waals surface area contributed by atoms with Crippen LogP contribution in [0.2, 0.25) is 0 Å². The first kappa shape index (κ1) is 18.5. The van der Waals surface area contributed by atoms with E-state index in [0.29, 0.717) is 16.7 Å². The average Bonchev–Trinajstić information content (AvgIpc) is 2.92. The molecule has 1 N–H and O–H groups in total. The summed E-state index contributed by atoms with van der Waals surface area (Å²) in [5.74, 6) is 2.65. The van der Waals surface area contributed by atoms with E-state index in [2.05, 4.69) is 19.9 Å². The van der Waals surface area contributed by atoms with Crippen LogP contribution in [-0.4, -0.2) is 23.3 Å². The Bertz CT molecular complexity index is 609. The maximum Gasteiger partial charge on any atom is 0.302 e. The van der Waals surface area contributed by atoms with Gasteiger partial charge in [0.1, 0.15) is 6.10 Å². The highest BCUT2D eigenvalue weighted by atomic mass is 16.5. The third kappa shape index (κ3) is 2.68. The van der Waals surface area contributed by atoms with Gasteiger partial charge >= 0.3 is 5.97 Å². The zero-order valence-corrected chi connectivity index (χ0v) is 17.0. The molecule has 0 unspecified atom stereocenters. The first-order valence-electron chi connectivity index (χ1n) is 10.8. The Hall–Kier alpha value is -0.830. The molecule has 0 bridgehead atoms. The van der Waals surface area contributed by atoms with Gasteiger partial charge in [0, 0.05) is 13.3 Å². The Morgan fingerprint density at radius 1 is 1.19 bits per heavy atom. The fraction of sp³-hybridized carbons (Fsp3) is 0.870. The number of aliphatic hydroxyl groups is 1. The lowest BCUT2D eigenvalue weighted by Crippen LogP contribution is -2.51. The van der Waals surface area contributed by atoms with E-state index in [1.807, 2.05) is 6.92 Å². The zero-order chi connectivity index (χ0) is 18.7. The van der Waals surface area contributed by atoms with Gasteiger partial charge in [-0.15, -0.1) is 0 Å². The number of rotatable bonds is 2. The molecule has 26 heavy (non-hydrogen) atoms. The summed E-state index contributed by atoms with van der Waals surface area (Å²) in [7, 11) is 0. The lowest BCUT2D eigenvalue weighted by molar-refractivity contribution is -0.148. The van der Waals surface area contributed by atoms with Crippen LogP contribution in [0.4, 0.5) is 0 Å². The maximum atomic E-state index is 11.4. The third-order valence-electron chi connectivity index (χ3n) is 9.05. The summed E-state index contributed by atoms with van der Waals surface area (Å²) in [5, 5.41) is 10.3. The molecule has 146 valence electrons. The van der Waals surface area contributed by atoms with Crippen LogP contribution in [0.3, 0.4) is 0 Å². The quantitative estimate of drug-likeness (QED) is 0.564. The van der Waals surface area contributed by atoms with Crippen LogP contribution in [0, 0.1) is 34.5 Å². The van der Waals surface area contributed by atoms with E-state index in [9.17, 15) is 9.90 Å². The highest BCUT2D eigenvalue weighted by Gasteiger charge is 2.59. The van der Waals surface area contributed by atoms with Crippen LogP contribution in [0.1, 0.15) is 79.1 Å². The highest BCUT2D eigenvalue weighted by molar-refractivity contribution is 5.66. The van der Waals surface area contributed by atoms with Crippen LogP contribution < -0.4 is 0 Å². The van der Waals surface area contributed by atoms with Crippen molar-refractivity contribution in [3.05, 3.63) is 11.6 Å². The van der Waals surface area contributed by atoms with Gasteiger partial charge in [-0.05, 0) is 86.4 Å². The molecule has 3 fully saturated rings. The Balaban J connectivity index is 1.58. The fourth-order valence-electron chi connectivity index (χ4n) is 7.80. The Morgan fingerprint density at radius 3 is 2.65 bits per heavy atom. The summed E-state index contributed by atoms with van der Waals surface area (Å²) in [6.45, 7) is 8.49. The van der Waals surface area contributed by atoms with E-state index < -0.39 is 0 Å². The van der Waals surface area contributed by atoms with Crippen LogP contribution in [0.25, 0.3) is 0 Å². The number of carbonyl (C=O) groups excluding carboxylic acids is 1. The van der Waals surface area contributed by atoms with Gasteiger partial charge in [0.05, 0.1) is 6.10 Å². The van der Waals surface area contributed by atoms with Crippen molar-refractivity contribution in [3.63, 3.8) is 0 Å². The van der Waals surface area contributed by atoms with Gasteiger partial charge < -0.3 is 9.84 Å². The molecule has 8 atom stereocenters. The van der Waals surface area contributed by atoms with Crippen molar-refractivity contribution >= 4 is 5.97 Å². The lowest BCUT2D eigenvalue weighted by Gasteiger charge is -2.58. The Labute approximate surface area is 158 Å². The molecular weight excluding hydrogens is 324 g/mol. The molecule has 0 aromatic carbocycles. The van der Waals surface area contributed by atoms with E-state index in [4.69, 9.17) is 4.74 Å². The van der Waals surface area contributed by atoms with E-state index in [0.717, 1.165) is 37.0 Å². The van der Waals surface area contributed by atoms with Crippen molar-refractivity contribution in [1.29, 1.82) is 0 Å². The third-order valence-corrected chi connectivity index (χ3v) is 9.05. The molecule has 3 nitrogen and oxygen atoms in total. The molecule has 3 heteroatoms. The zero-order valence-electron chi connectivity index (χ0n) is 17.0. The molecular formula is C23H36O3. The van der Waals surface area contributed by atoms with Crippen LogP contribution in [-0.2, 0) is 9.53 Å². The molecule has 0 aromatic rings. The second kappa shape index (κ2) is 6.36. The van der Waals surface area contributed by atoms with Crippen molar-refractivity contribution in [2.75, 3.05) is 0 Å². The predicted molar refractivity (Wildman–Crippen MR) is 102 cm³/mol. The van der Waals surface area contributed by atoms with Crippen LogP contribution >= 0.6 is 0 Å². The number of allylic oxidation sites excluding steroid dienone is 1. The topological polar surface area (TPSA) is 46.5 Å². The van der Waals surface area contributed by atoms with Crippen LogP contribution in [0.15, 0.2) is 11.6 Å². The van der Waals surface area contributed by atoms with Crippen LogP contribution in [0.5, 0.6) is 0 Å². The predicted octanol–water partition coefficient (Wildman–Crippen LogP) is 4.88. The minimum Gasteiger partial charge on any atom is -0.462 e. The minimum atomic E-state index is -0.175. The second-order valence-corrected chi connectivity index (χ2v) is 10.2. The van der Waals surface area contributed by atoms with Crippen molar-refractivity contribution in [3.8, 4) is 0 Å². The monoisotopic (exact) mass is 360 g/mol. The van der Waals surface area contributed by atoms with Gasteiger partial charge in [-0.2, -0.15) is 0 Å². The average molecular weight is 361 g/mol. The second-order valence-electron chi connectivity index (χ2n) is 10.2. The summed E-state index contributed by atoms with van der Waals surface area (Å²) in [6, 6.07) is 0. The molecule has 0 aliphatic heterocycles. The minimum absolute atomic E-state index is 0.0864. The highest BCUT2D eigenvalue weighted by Crippen LogP contribution is 2.66. The number of fused-ring (bicyclic) bond motifs is 5. The van der Waals surface area contributed by atoms with Gasteiger partial charge in [0.2, 0.25) is 0 Å². The van der Waals surface area contributed by atoms with E-state index >= 15 is 0 Å². The van der Waals surface area contributed by atoms with E-state index in [1.165, 1.54) is 39.0 Å². The molecule has 4 aliphatic rings. The van der Waals surface area contributed by atoms with E-state index in [-0.39, 0.29) is 18.2 Å². The van der Waals surface area contributed by atoms with Crippen molar-refractivity contribution in [1.82, 2.24) is 0 Å². The maximum absolute atomic E-state index is 11.4. The number of hydrogen-bond donors (Lipinski definition) is 1. The first-order valence-corrected chi connectivity index (χ1v) is 10.8. The smallest absolute Gasteiger partial charge is 0.302 e. The molecule has 0 saturated heterocycles. The van der Waals surface area contributed by atoms with Gasteiger partial charge in [-0.3, -0.25) is 4.79 Å². The van der Waals surface area contributed by atoms with Gasteiger partial charge in [0.25, 0.3) is 0 Å². The molecule has 3 saturated carbocycles. The molecule has 4 rings (SSSR count). The number of ether oxygens (including phenoxy) is 1. The number of aliphatic hydroxyl groups excluding tert-OH is 1. The van der Waals surface area contributed by atoms with Gasteiger partial charge in [0.15, 0.2) is 0 Å². The van der Waals surface area contributed by atoms with Crippen molar-refractivity contribution < 1.29 is 14.6 Å². The first-order chi connectivity index (χ1) is 12.3. The van der Waals surface area contributed by atoms with E-state index in [1.54, 1.807) is 5.57 Å². The molecule has 0 radical (unpaired) electrons. The number of esters is 1. The summed E-state index contributed by atoms with van der Waals surface area (Å²) >= 11 is 0. The fourth-order valence-corrected chi connectivity index (χ4v) is 7.80. The Morgan fingerprint density at radius 2 is 1.96 bits per heavy atom. The molecule has 0 amide bonds. The van der Waals surface area contributed by atoms with Gasteiger partial charge in [-0.1, -0.05) is 25.5 Å². The molecule has 0 spiro atoms. The Kier molecular flexibility index (Phi) is 4.53. The lowest BCUT2D eigenvalue weighted by atomic mass is 9.47. The van der Waals surface area contributed by atoms with Gasteiger partial charge in [-0.25, -0.2) is 0 Å². The van der Waals surface area contributed by atoms with Crippen molar-refractivity contribution in [2.45, 2.75) is 91.3 Å². The summed E-state index contributed by atoms with van der Waals surface area (Å²) in [5.41, 5.74) is 2.18. The molecule has 0 aromatic heterocycles. The summed E-state index contributed by atoms with van der Waals surface area (Å²) in [4.78, 5) is 11.4.